The van der Waals surface area contributed by atoms with E-state index in [1.165, 1.54) is 14.1 Å². The van der Waals surface area contributed by atoms with Crippen molar-refractivity contribution in [2.24, 2.45) is 0 Å². The second kappa shape index (κ2) is 17.9. The summed E-state index contributed by atoms with van der Waals surface area (Å²) in [7, 11) is -3.13. The Hall–Kier alpha value is 2.57. The molecule has 0 aliphatic heterocycles. The fourth-order valence-corrected chi connectivity index (χ4v) is 3.34. The summed E-state index contributed by atoms with van der Waals surface area (Å²) >= 11 is 7.42. The van der Waals surface area contributed by atoms with Gasteiger partial charge in [-0.25, -0.2) is 26.3 Å². The van der Waals surface area contributed by atoms with Crippen LogP contribution in [0.3, 0.4) is 0 Å². The Morgan fingerprint density at radius 3 is 1.55 bits per heavy atom. The van der Waals surface area contributed by atoms with E-state index < -0.39 is 20.0 Å². The number of rotatable bonds is 8. The van der Waals surface area contributed by atoms with E-state index >= 15 is 0 Å². The first kappa shape index (κ1) is 30.5. The molecule has 0 rings (SSSR count). The third-order valence-corrected chi connectivity index (χ3v) is 5.64. The first-order valence-corrected chi connectivity index (χ1v) is 10.6. The van der Waals surface area contributed by atoms with Gasteiger partial charge in [0.1, 0.15) is 0 Å². The minimum Gasteiger partial charge on any atom is -1.00 e. The van der Waals surface area contributed by atoms with Gasteiger partial charge >= 0.3 is 29.6 Å². The Balaban J connectivity index is -0.000000116. The minimum atomic E-state index is -3.02. The van der Waals surface area contributed by atoms with Crippen LogP contribution in [0.5, 0.6) is 0 Å². The van der Waals surface area contributed by atoms with Crippen molar-refractivity contribution >= 4 is 54.2 Å². The molecule has 0 aliphatic rings. The normalized spacial score (nSPS) is 10.6. The van der Waals surface area contributed by atoms with E-state index in [4.69, 9.17) is 11.6 Å². The van der Waals surface area contributed by atoms with Gasteiger partial charge in [-0.1, -0.05) is 22.6 Å². The smallest absolute Gasteiger partial charge is 1.00 e. The van der Waals surface area contributed by atoms with Gasteiger partial charge < -0.3 is 24.0 Å². The number of hydrogen-bond donors (Lipinski definition) is 2. The van der Waals surface area contributed by atoms with Crippen LogP contribution in [0.15, 0.2) is 0 Å². The van der Waals surface area contributed by atoms with E-state index in [0.717, 1.165) is 10.8 Å². The predicted octanol–water partition coefficient (Wildman–Crippen LogP) is -5.47. The Morgan fingerprint density at radius 1 is 0.950 bits per heavy atom. The summed E-state index contributed by atoms with van der Waals surface area (Å²) in [5.74, 6) is 0.750. The predicted molar refractivity (Wildman–Crippen MR) is 84.5 cm³/mol. The molecule has 0 unspecified atom stereocenters. The van der Waals surface area contributed by atoms with Gasteiger partial charge in [-0.15, -0.1) is 11.6 Å². The number of nitrogens with one attached hydrogen (secondary N) is 2. The zero-order valence-electron chi connectivity index (χ0n) is 11.8. The van der Waals surface area contributed by atoms with Crippen molar-refractivity contribution < 1.29 is 70.4 Å². The van der Waals surface area contributed by atoms with Crippen molar-refractivity contribution in [2.45, 2.75) is 12.8 Å². The van der Waals surface area contributed by atoms with E-state index in [2.05, 4.69) is 32.0 Å². The van der Waals surface area contributed by atoms with Gasteiger partial charge in [0.25, 0.3) is 0 Å². The first-order chi connectivity index (χ1) is 8.24. The standard InChI is InChI=1S/C4H10ClNO2S.C4H10INO2S.HI.Na/c2*1-6-9(7,8)4-2-3-5;;/h2*6H,2-4H2,1H3;1H;/q;;;+1/p-1. The summed E-state index contributed by atoms with van der Waals surface area (Å²) in [6.07, 6.45) is 1.23. The van der Waals surface area contributed by atoms with Crippen molar-refractivity contribution in [3.63, 3.8) is 0 Å². The van der Waals surface area contributed by atoms with E-state index in [1.54, 1.807) is 0 Å². The maximum absolute atomic E-state index is 10.6. The van der Waals surface area contributed by atoms with Crippen LogP contribution in [0.4, 0.5) is 0 Å². The van der Waals surface area contributed by atoms with Crippen LogP contribution >= 0.6 is 34.2 Å². The van der Waals surface area contributed by atoms with Gasteiger partial charge in [-0.2, -0.15) is 0 Å². The summed E-state index contributed by atoms with van der Waals surface area (Å²) in [6, 6.07) is 0. The second-order valence-corrected chi connectivity index (χ2v) is 8.68. The zero-order chi connectivity index (χ0) is 14.7. The van der Waals surface area contributed by atoms with Crippen LogP contribution < -0.4 is 63.0 Å². The molecule has 0 saturated carbocycles. The first-order valence-electron chi connectivity index (χ1n) is 5.19. The molecule has 0 atom stereocenters. The second-order valence-electron chi connectivity index (χ2n) is 3.13. The van der Waals surface area contributed by atoms with Crippen molar-refractivity contribution in [2.75, 3.05) is 35.9 Å². The molecule has 12 heteroatoms. The van der Waals surface area contributed by atoms with Crippen LogP contribution in [0.1, 0.15) is 12.8 Å². The number of halogens is 3. The van der Waals surface area contributed by atoms with Crippen LogP contribution in [0, 0.1) is 0 Å². The van der Waals surface area contributed by atoms with E-state index in [0.29, 0.717) is 12.3 Å². The van der Waals surface area contributed by atoms with Gasteiger partial charge in [-0.05, 0) is 26.9 Å². The van der Waals surface area contributed by atoms with E-state index in [-0.39, 0.29) is 65.0 Å². The van der Waals surface area contributed by atoms with Crippen molar-refractivity contribution in [3.05, 3.63) is 0 Å². The SMILES string of the molecule is CNS(=O)(=O)CCCCl.CNS(=O)(=O)CCCI.[I-].[Na+]. The largest absolute Gasteiger partial charge is 1.00 e. The molecule has 0 amide bonds. The van der Waals surface area contributed by atoms with E-state index in [9.17, 15) is 16.8 Å². The fraction of sp³-hybridized carbons (Fsp3) is 1.00. The van der Waals surface area contributed by atoms with Gasteiger partial charge in [0.15, 0.2) is 0 Å². The maximum atomic E-state index is 10.6. The van der Waals surface area contributed by atoms with Crippen molar-refractivity contribution in [1.29, 1.82) is 0 Å². The molecule has 0 bridgehead atoms. The number of sulfonamides is 2. The van der Waals surface area contributed by atoms with Gasteiger partial charge in [-0.3, -0.25) is 0 Å². The topological polar surface area (TPSA) is 92.3 Å². The summed E-state index contributed by atoms with van der Waals surface area (Å²) < 4.78 is 47.8. The third kappa shape index (κ3) is 22.8. The summed E-state index contributed by atoms with van der Waals surface area (Å²) in [6.45, 7) is 0. The molecule has 0 aromatic rings. The fourth-order valence-electron chi connectivity index (χ4n) is 0.693. The van der Waals surface area contributed by atoms with Crippen molar-refractivity contribution in [1.82, 2.24) is 9.44 Å². The molecule has 0 fully saturated rings. The molecule has 120 valence electrons. The van der Waals surface area contributed by atoms with E-state index in [1.807, 2.05) is 0 Å². The Bertz CT molecular complexity index is 357. The Labute approximate surface area is 180 Å². The summed E-state index contributed by atoms with van der Waals surface area (Å²) in [5.41, 5.74) is 0. The van der Waals surface area contributed by atoms with Gasteiger partial charge in [0.05, 0.1) is 11.5 Å². The molecular formula is C8H20ClI2N2NaO4S2. The molecule has 20 heavy (non-hydrogen) atoms. The monoisotopic (exact) mass is 584 g/mol. The van der Waals surface area contributed by atoms with Gasteiger partial charge in [0, 0.05) is 10.3 Å². The zero-order valence-corrected chi connectivity index (χ0v) is 20.5. The third-order valence-electron chi connectivity index (χ3n) is 1.72. The molecule has 0 aromatic carbocycles. The molecule has 0 saturated heterocycles. The molecule has 2 N–H and O–H groups in total. The summed E-state index contributed by atoms with van der Waals surface area (Å²) in [4.78, 5) is 0. The maximum Gasteiger partial charge on any atom is 1.00 e. The quantitative estimate of drug-likeness (QED) is 0.169. The van der Waals surface area contributed by atoms with Crippen LogP contribution in [-0.4, -0.2) is 52.7 Å². The van der Waals surface area contributed by atoms with Crippen LogP contribution in [0.2, 0.25) is 0 Å². The number of alkyl halides is 2. The van der Waals surface area contributed by atoms with Crippen molar-refractivity contribution in [3.8, 4) is 0 Å². The summed E-state index contributed by atoms with van der Waals surface area (Å²) in [5, 5.41) is 0. The van der Waals surface area contributed by atoms with Crippen LogP contribution in [-0.2, 0) is 20.0 Å². The Kier molecular flexibility index (Phi) is 27.3. The average molecular weight is 585 g/mol. The molecule has 6 nitrogen and oxygen atoms in total. The molecule has 0 aliphatic carbocycles. The van der Waals surface area contributed by atoms with Crippen LogP contribution in [0.25, 0.3) is 0 Å². The minimum absolute atomic E-state index is 0. The molecule has 0 spiro atoms. The number of hydrogen-bond acceptors (Lipinski definition) is 4. The Morgan fingerprint density at radius 2 is 1.30 bits per heavy atom. The molecular weight excluding hydrogens is 564 g/mol. The average Bonchev–Trinajstić information content (AvgIpc) is 2.35. The molecule has 0 radical (unpaired) electrons. The molecule has 0 aromatic heterocycles. The van der Waals surface area contributed by atoms with Gasteiger partial charge in [0.2, 0.25) is 20.0 Å². The molecule has 0 heterocycles.